The lowest BCUT2D eigenvalue weighted by Gasteiger charge is -2.12. The van der Waals surface area contributed by atoms with Gasteiger partial charge in [0.1, 0.15) is 0 Å². The van der Waals surface area contributed by atoms with E-state index in [2.05, 4.69) is 61.3 Å². The minimum Gasteiger partial charge on any atom is -0.319 e. The average Bonchev–Trinajstić information content (AvgIpc) is 2.51. The molecule has 0 fully saturated rings. The molecular formula is C19H27NS. The molecule has 0 atom stereocenters. The zero-order chi connectivity index (χ0) is 15.3. The highest BCUT2D eigenvalue weighted by Crippen LogP contribution is 2.30. The SMILES string of the molecule is C=CC/C(=C/CCNC)c1ccccc1SCC/C=C\C. The number of hydrogen-bond donors (Lipinski definition) is 1. The molecule has 0 saturated carbocycles. The lowest BCUT2D eigenvalue weighted by atomic mass is 10.0. The highest BCUT2D eigenvalue weighted by Gasteiger charge is 2.06. The molecule has 1 aromatic carbocycles. The number of hydrogen-bond acceptors (Lipinski definition) is 2. The Labute approximate surface area is 134 Å². The summed E-state index contributed by atoms with van der Waals surface area (Å²) in [5.74, 6) is 1.12. The fourth-order valence-electron chi connectivity index (χ4n) is 2.11. The van der Waals surface area contributed by atoms with Gasteiger partial charge in [-0.05, 0) is 57.0 Å². The fourth-order valence-corrected chi connectivity index (χ4v) is 3.11. The second-order valence-electron chi connectivity index (χ2n) is 4.82. The van der Waals surface area contributed by atoms with Crippen LogP contribution in [0.5, 0.6) is 0 Å². The van der Waals surface area contributed by atoms with Crippen molar-refractivity contribution < 1.29 is 0 Å². The van der Waals surface area contributed by atoms with Gasteiger partial charge in [-0.2, -0.15) is 0 Å². The highest BCUT2D eigenvalue weighted by molar-refractivity contribution is 7.99. The molecule has 0 bridgehead atoms. The summed E-state index contributed by atoms with van der Waals surface area (Å²) < 4.78 is 0. The summed E-state index contributed by atoms with van der Waals surface area (Å²) in [7, 11) is 1.99. The van der Waals surface area contributed by atoms with E-state index in [9.17, 15) is 0 Å². The van der Waals surface area contributed by atoms with E-state index in [0.29, 0.717) is 0 Å². The average molecular weight is 301 g/mol. The van der Waals surface area contributed by atoms with Crippen LogP contribution in [0.1, 0.15) is 31.7 Å². The summed E-state index contributed by atoms with van der Waals surface area (Å²) in [6.45, 7) is 6.98. The van der Waals surface area contributed by atoms with Crippen molar-refractivity contribution in [3.05, 3.63) is 60.7 Å². The molecule has 21 heavy (non-hydrogen) atoms. The molecule has 0 radical (unpaired) electrons. The maximum Gasteiger partial charge on any atom is 0.0147 e. The largest absolute Gasteiger partial charge is 0.319 e. The third kappa shape index (κ3) is 6.83. The summed E-state index contributed by atoms with van der Waals surface area (Å²) in [4.78, 5) is 1.37. The van der Waals surface area contributed by atoms with Gasteiger partial charge in [0.25, 0.3) is 0 Å². The molecule has 0 aliphatic carbocycles. The molecule has 1 N–H and O–H groups in total. The molecule has 0 aliphatic rings. The molecule has 0 saturated heterocycles. The Morgan fingerprint density at radius 1 is 1.29 bits per heavy atom. The van der Waals surface area contributed by atoms with Crippen molar-refractivity contribution in [2.24, 2.45) is 0 Å². The maximum absolute atomic E-state index is 3.90. The second-order valence-corrected chi connectivity index (χ2v) is 5.95. The lowest BCUT2D eigenvalue weighted by molar-refractivity contribution is 0.807. The Balaban J connectivity index is 2.85. The van der Waals surface area contributed by atoms with Gasteiger partial charge in [-0.15, -0.1) is 18.3 Å². The van der Waals surface area contributed by atoms with Crippen molar-refractivity contribution in [2.45, 2.75) is 31.1 Å². The molecule has 114 valence electrons. The van der Waals surface area contributed by atoms with Gasteiger partial charge in [-0.1, -0.05) is 42.5 Å². The van der Waals surface area contributed by atoms with Crippen LogP contribution in [0, 0.1) is 0 Å². The van der Waals surface area contributed by atoms with Crippen molar-refractivity contribution in [1.29, 1.82) is 0 Å². The van der Waals surface area contributed by atoms with Crippen LogP contribution in [0.25, 0.3) is 5.57 Å². The van der Waals surface area contributed by atoms with E-state index >= 15 is 0 Å². The van der Waals surface area contributed by atoms with E-state index in [-0.39, 0.29) is 0 Å². The molecule has 0 heterocycles. The number of benzene rings is 1. The van der Waals surface area contributed by atoms with Crippen LogP contribution in [-0.2, 0) is 0 Å². The van der Waals surface area contributed by atoms with Crippen molar-refractivity contribution in [3.8, 4) is 0 Å². The predicted molar refractivity (Wildman–Crippen MR) is 97.9 cm³/mol. The van der Waals surface area contributed by atoms with E-state index in [1.807, 2.05) is 24.9 Å². The Kier molecular flexibility index (Phi) is 9.68. The minimum atomic E-state index is 0.927. The van der Waals surface area contributed by atoms with Crippen molar-refractivity contribution in [3.63, 3.8) is 0 Å². The predicted octanol–water partition coefficient (Wildman–Crippen LogP) is 5.31. The van der Waals surface area contributed by atoms with E-state index in [1.54, 1.807) is 0 Å². The quantitative estimate of drug-likeness (QED) is 0.357. The van der Waals surface area contributed by atoms with Crippen molar-refractivity contribution >= 4 is 17.3 Å². The normalized spacial score (nSPS) is 12.0. The smallest absolute Gasteiger partial charge is 0.0147 e. The first-order chi connectivity index (χ1) is 10.3. The van der Waals surface area contributed by atoms with Gasteiger partial charge in [0, 0.05) is 10.6 Å². The Morgan fingerprint density at radius 3 is 2.81 bits per heavy atom. The number of thioether (sulfide) groups is 1. The molecule has 1 rings (SSSR count). The second kappa shape index (κ2) is 11.4. The van der Waals surface area contributed by atoms with E-state index < -0.39 is 0 Å². The third-order valence-electron chi connectivity index (χ3n) is 3.16. The first kappa shape index (κ1) is 17.8. The number of allylic oxidation sites excluding steroid dienone is 4. The highest BCUT2D eigenvalue weighted by atomic mass is 32.2. The number of nitrogens with one attached hydrogen (secondary N) is 1. The van der Waals surface area contributed by atoms with Crippen molar-refractivity contribution in [1.82, 2.24) is 5.32 Å². The van der Waals surface area contributed by atoms with Crippen LogP contribution in [-0.4, -0.2) is 19.3 Å². The molecule has 0 unspecified atom stereocenters. The molecule has 1 aromatic rings. The molecule has 0 aliphatic heterocycles. The van der Waals surface area contributed by atoms with Crippen LogP contribution in [0.15, 0.2) is 60.0 Å². The van der Waals surface area contributed by atoms with Gasteiger partial charge in [-0.25, -0.2) is 0 Å². The molecular weight excluding hydrogens is 274 g/mol. The lowest BCUT2D eigenvalue weighted by Crippen LogP contribution is -2.06. The zero-order valence-electron chi connectivity index (χ0n) is 13.3. The molecule has 0 aromatic heterocycles. The molecule has 2 heteroatoms. The van der Waals surface area contributed by atoms with Gasteiger partial charge < -0.3 is 5.32 Å². The third-order valence-corrected chi connectivity index (χ3v) is 4.27. The van der Waals surface area contributed by atoms with E-state index in [1.165, 1.54) is 16.0 Å². The minimum absolute atomic E-state index is 0.927. The van der Waals surface area contributed by atoms with Gasteiger partial charge >= 0.3 is 0 Å². The van der Waals surface area contributed by atoms with Gasteiger partial charge in [0.2, 0.25) is 0 Å². The first-order valence-electron chi connectivity index (χ1n) is 7.61. The van der Waals surface area contributed by atoms with E-state index in [0.717, 1.165) is 31.6 Å². The van der Waals surface area contributed by atoms with Crippen molar-refractivity contribution in [2.75, 3.05) is 19.3 Å². The Morgan fingerprint density at radius 2 is 2.10 bits per heavy atom. The monoisotopic (exact) mass is 301 g/mol. The molecule has 0 amide bonds. The Hall–Kier alpha value is -1.25. The van der Waals surface area contributed by atoms with Crippen LogP contribution >= 0.6 is 11.8 Å². The van der Waals surface area contributed by atoms with Crippen LogP contribution in [0.3, 0.4) is 0 Å². The molecule has 1 nitrogen and oxygen atoms in total. The standard InChI is InChI=1S/C19H27NS/c1-4-6-9-16-21-19-14-8-7-13-18(19)17(11-5-2)12-10-15-20-3/h4-8,12-14,20H,2,9-11,15-16H2,1,3H3/b6-4-,17-12-. The maximum atomic E-state index is 3.90. The van der Waals surface area contributed by atoms with E-state index in [4.69, 9.17) is 0 Å². The summed E-state index contributed by atoms with van der Waals surface area (Å²) in [5, 5.41) is 3.20. The topological polar surface area (TPSA) is 12.0 Å². The van der Waals surface area contributed by atoms with Gasteiger partial charge in [0.05, 0.1) is 0 Å². The summed E-state index contributed by atoms with van der Waals surface area (Å²) in [6, 6.07) is 8.71. The zero-order valence-corrected chi connectivity index (χ0v) is 14.1. The van der Waals surface area contributed by atoms with Gasteiger partial charge in [-0.3, -0.25) is 0 Å². The van der Waals surface area contributed by atoms with Crippen LogP contribution in [0.2, 0.25) is 0 Å². The summed E-state index contributed by atoms with van der Waals surface area (Å²) in [5.41, 5.74) is 2.74. The number of rotatable bonds is 10. The first-order valence-corrected chi connectivity index (χ1v) is 8.60. The van der Waals surface area contributed by atoms with Gasteiger partial charge in [0.15, 0.2) is 0 Å². The molecule has 0 spiro atoms. The van der Waals surface area contributed by atoms with Crippen LogP contribution in [0.4, 0.5) is 0 Å². The van der Waals surface area contributed by atoms with Crippen LogP contribution < -0.4 is 5.32 Å². The Bertz CT molecular complexity index is 474. The summed E-state index contributed by atoms with van der Waals surface area (Å²) >= 11 is 1.94. The summed E-state index contributed by atoms with van der Waals surface area (Å²) in [6.07, 6.45) is 11.8. The fraction of sp³-hybridized carbons (Fsp3) is 0.368.